The van der Waals surface area contributed by atoms with Crippen molar-refractivity contribution < 1.29 is 37.1 Å². The Hall–Kier alpha value is -2.38. The first kappa shape index (κ1) is 34.0. The van der Waals surface area contributed by atoms with E-state index in [1.165, 1.54) is 6.34 Å². The Morgan fingerprint density at radius 2 is 1.71 bits per heavy atom. The van der Waals surface area contributed by atoms with Gasteiger partial charge in [0.1, 0.15) is 30.2 Å². The average molecular weight is 664 g/mol. The number of hydrogen-bond donors (Lipinski definition) is 4. The van der Waals surface area contributed by atoms with Gasteiger partial charge < -0.3 is 43.1 Å². The summed E-state index contributed by atoms with van der Waals surface area (Å²) in [5, 5.41) is 20.5. The molecule has 0 radical (unpaired) electrons. The Morgan fingerprint density at radius 1 is 1.07 bits per heavy atom. The number of ether oxygens (including phenoxy) is 2. The van der Waals surface area contributed by atoms with Gasteiger partial charge in [-0.1, -0.05) is 73.6 Å². The van der Waals surface area contributed by atoms with Crippen LogP contribution in [0.2, 0.25) is 22.2 Å². The lowest BCUT2D eigenvalue weighted by Crippen LogP contribution is -2.72. The fourth-order valence-electron chi connectivity index (χ4n) is 6.85. The van der Waals surface area contributed by atoms with E-state index in [1.54, 1.807) is 17.0 Å². The van der Waals surface area contributed by atoms with E-state index in [2.05, 4.69) is 76.3 Å². The molecule has 3 fully saturated rings. The highest BCUT2D eigenvalue weighted by molar-refractivity contribution is 6.84. The number of aliphatic hydroxyl groups excluding tert-OH is 1. The van der Waals surface area contributed by atoms with E-state index in [4.69, 9.17) is 22.4 Å². The first-order chi connectivity index (χ1) is 21.3. The number of fused-ring (bicyclic) bond motifs is 2. The minimum absolute atomic E-state index is 0.0900. The van der Waals surface area contributed by atoms with Gasteiger partial charge in [-0.2, -0.15) is 0 Å². The summed E-state index contributed by atoms with van der Waals surface area (Å²) in [6, 6.07) is 8.19. The van der Waals surface area contributed by atoms with Crippen molar-refractivity contribution in [3.63, 3.8) is 0 Å². The number of aliphatic hydroxyl groups is 1. The van der Waals surface area contributed by atoms with Crippen molar-refractivity contribution in [3.05, 3.63) is 30.3 Å². The van der Waals surface area contributed by atoms with Crippen molar-refractivity contribution in [3.8, 4) is 5.75 Å². The molecule has 4 aliphatic heterocycles. The number of aliphatic imine (C=N–C) groups is 1. The smallest absolute Gasteiger partial charge is 0.335 e. The van der Waals surface area contributed by atoms with Gasteiger partial charge in [-0.15, -0.1) is 0 Å². The molecule has 0 aliphatic carbocycles. The number of carbonyl (C=O) groups is 2. The number of amides is 2. The van der Waals surface area contributed by atoms with E-state index < -0.39 is 66.1 Å². The van der Waals surface area contributed by atoms with Gasteiger partial charge in [-0.3, -0.25) is 19.9 Å². The molecule has 7 atom stereocenters. The predicted octanol–water partition coefficient (Wildman–Crippen LogP) is 2.27. The van der Waals surface area contributed by atoms with Crippen LogP contribution in [0.5, 0.6) is 5.75 Å². The van der Waals surface area contributed by atoms with Gasteiger partial charge >= 0.3 is 17.1 Å². The van der Waals surface area contributed by atoms with Crippen LogP contribution in [-0.4, -0.2) is 102 Å². The van der Waals surface area contributed by atoms with Crippen LogP contribution in [0.15, 0.2) is 35.3 Å². The molecule has 1 aromatic carbocycles. The molecule has 2 amide bonds. The molecule has 0 saturated carbocycles. The third-order valence-electron chi connectivity index (χ3n) is 9.23. The number of benzene rings is 1. The predicted molar refractivity (Wildman–Crippen MR) is 172 cm³/mol. The molecular weight excluding hydrogens is 615 g/mol. The lowest BCUT2D eigenvalue weighted by atomic mass is 10.1. The fourth-order valence-corrected chi connectivity index (χ4v) is 18.1. The Bertz CT molecular complexity index is 1220. The van der Waals surface area contributed by atoms with Gasteiger partial charge in [-0.25, -0.2) is 0 Å². The summed E-state index contributed by atoms with van der Waals surface area (Å²) < 4.78 is 33.2. The molecular formula is C30H49N5O8Si2. The SMILES string of the molecule is CC(C)[Si]1(C(C)C)OC[C@H]2O[C@@H](N3C=NC4C(=O)NC(NC(=O)COc5ccccc5)NC43)[C@H](O)[C@@H]2O[Si](C(C)C)(C(C)C)O1. The van der Waals surface area contributed by atoms with Crippen LogP contribution in [0.1, 0.15) is 55.4 Å². The van der Waals surface area contributed by atoms with Gasteiger partial charge in [0.2, 0.25) is 0 Å². The second-order valence-electron chi connectivity index (χ2n) is 13.5. The first-order valence-electron chi connectivity index (χ1n) is 16.0. The molecule has 3 saturated heterocycles. The quantitative estimate of drug-likeness (QED) is 0.290. The van der Waals surface area contributed by atoms with Crippen LogP contribution in [0.25, 0.3) is 0 Å². The van der Waals surface area contributed by atoms with Crippen molar-refractivity contribution in [2.45, 2.75) is 121 Å². The molecule has 0 spiro atoms. The van der Waals surface area contributed by atoms with Crippen LogP contribution >= 0.6 is 0 Å². The van der Waals surface area contributed by atoms with Crippen molar-refractivity contribution in [1.82, 2.24) is 20.9 Å². The summed E-state index contributed by atoms with van der Waals surface area (Å²) in [5.74, 6) is -0.230. The molecule has 250 valence electrons. The Kier molecular flexibility index (Phi) is 10.1. The zero-order valence-corrected chi connectivity index (χ0v) is 29.4. The molecule has 5 rings (SSSR count). The number of rotatable bonds is 9. The largest absolute Gasteiger partial charge is 0.484 e. The fraction of sp³-hybridized carbons (Fsp3) is 0.700. The maximum Gasteiger partial charge on any atom is 0.335 e. The van der Waals surface area contributed by atoms with Crippen molar-refractivity contribution >= 4 is 35.3 Å². The number of carbonyl (C=O) groups excluding carboxylic acids is 2. The average Bonchev–Trinajstić information content (AvgIpc) is 3.52. The van der Waals surface area contributed by atoms with E-state index in [1.807, 2.05) is 18.2 Å². The van der Waals surface area contributed by atoms with Crippen LogP contribution in [-0.2, 0) is 27.3 Å². The summed E-state index contributed by atoms with van der Waals surface area (Å²) in [7, 11) is -5.77. The minimum atomic E-state index is -2.98. The van der Waals surface area contributed by atoms with Crippen LogP contribution < -0.4 is 20.7 Å². The number of para-hydroxylation sites is 1. The van der Waals surface area contributed by atoms with Gasteiger partial charge in [0.15, 0.2) is 25.2 Å². The highest BCUT2D eigenvalue weighted by atomic mass is 28.5. The molecule has 13 nitrogen and oxygen atoms in total. The summed E-state index contributed by atoms with van der Waals surface area (Å²) >= 11 is 0. The van der Waals surface area contributed by atoms with E-state index >= 15 is 0 Å². The van der Waals surface area contributed by atoms with Crippen LogP contribution in [0.4, 0.5) is 0 Å². The van der Waals surface area contributed by atoms with Gasteiger partial charge in [0.05, 0.1) is 12.9 Å². The highest BCUT2D eigenvalue weighted by Crippen LogP contribution is 2.47. The Morgan fingerprint density at radius 3 is 2.33 bits per heavy atom. The van der Waals surface area contributed by atoms with Gasteiger partial charge in [0.25, 0.3) is 11.8 Å². The monoisotopic (exact) mass is 663 g/mol. The lowest BCUT2D eigenvalue weighted by molar-refractivity contribution is -0.133. The molecule has 4 heterocycles. The molecule has 4 N–H and O–H groups in total. The summed E-state index contributed by atoms with van der Waals surface area (Å²) in [4.78, 5) is 31.8. The van der Waals surface area contributed by atoms with E-state index in [9.17, 15) is 14.7 Å². The third-order valence-corrected chi connectivity index (χ3v) is 19.5. The second kappa shape index (κ2) is 13.4. The standard InChI is InChI=1S/C30H49N5O8Si2/c1-17(2)44(18(3)4)40-14-22-26(42-45(43-44,19(5)6)20(7)8)25(37)29(41-22)35-16-31-24-27(35)33-30(34-28(24)38)32-23(36)15-39-21-12-10-9-11-13-21/h9-13,16-20,22,24-27,29-30,33,37H,14-15H2,1-8H3,(H,32,36)(H,34,38)/t22-,24?,25-,26-,27?,29-,30?/m1/s1. The molecule has 15 heteroatoms. The van der Waals surface area contributed by atoms with E-state index in [0.717, 1.165) is 0 Å². The summed E-state index contributed by atoms with van der Waals surface area (Å²) in [6.45, 7) is 17.1. The zero-order chi connectivity index (χ0) is 32.7. The van der Waals surface area contributed by atoms with E-state index in [0.29, 0.717) is 5.75 Å². The maximum atomic E-state index is 13.0. The third kappa shape index (κ3) is 6.45. The normalized spacial score (nSPS) is 32.3. The lowest BCUT2D eigenvalue weighted by Gasteiger charge is -2.51. The first-order valence-corrected chi connectivity index (χ1v) is 19.9. The summed E-state index contributed by atoms with van der Waals surface area (Å²) in [6.07, 6.45) is -3.27. The number of hydrogen-bond acceptors (Lipinski definition) is 11. The molecule has 4 aliphatic rings. The number of nitrogens with one attached hydrogen (secondary N) is 3. The second-order valence-corrected chi connectivity index (χ2v) is 22.3. The van der Waals surface area contributed by atoms with Crippen LogP contribution in [0.3, 0.4) is 0 Å². The van der Waals surface area contributed by atoms with Gasteiger partial charge in [-0.05, 0) is 34.3 Å². The van der Waals surface area contributed by atoms with Crippen molar-refractivity contribution in [2.24, 2.45) is 4.99 Å². The number of nitrogens with zero attached hydrogens (tertiary/aromatic N) is 2. The molecule has 0 bridgehead atoms. The van der Waals surface area contributed by atoms with Crippen molar-refractivity contribution in [1.29, 1.82) is 0 Å². The molecule has 45 heavy (non-hydrogen) atoms. The minimum Gasteiger partial charge on any atom is -0.484 e. The highest BCUT2D eigenvalue weighted by Gasteiger charge is 2.62. The van der Waals surface area contributed by atoms with Gasteiger partial charge in [0, 0.05) is 0 Å². The molecule has 1 aromatic rings. The summed E-state index contributed by atoms with van der Waals surface area (Å²) in [5.41, 5.74) is 0.524. The molecule has 3 unspecified atom stereocenters. The Balaban J connectivity index is 1.33. The van der Waals surface area contributed by atoms with Crippen LogP contribution in [0, 0.1) is 0 Å². The maximum absolute atomic E-state index is 13.0. The van der Waals surface area contributed by atoms with E-state index in [-0.39, 0.29) is 41.3 Å². The molecule has 0 aromatic heterocycles. The topological polar surface area (TPSA) is 152 Å². The zero-order valence-electron chi connectivity index (χ0n) is 27.4. The van der Waals surface area contributed by atoms with Crippen molar-refractivity contribution in [2.75, 3.05) is 13.2 Å². The Labute approximate surface area is 267 Å².